The first-order valence-electron chi connectivity index (χ1n) is 21.3. The smallest absolute Gasteiger partial charge is 0.306 e. The number of phosphoric acid groups is 1. The van der Waals surface area contributed by atoms with Crippen LogP contribution in [0.1, 0.15) is 142 Å². The largest absolute Gasteiger partial charge is 0.756 e. The van der Waals surface area contributed by atoms with Gasteiger partial charge in [-0.1, -0.05) is 157 Å². The first kappa shape index (κ1) is 53.4. The second-order valence-corrected chi connectivity index (χ2v) is 16.6. The maximum absolute atomic E-state index is 12.6. The molecule has 0 aliphatic carbocycles. The summed E-state index contributed by atoms with van der Waals surface area (Å²) in [5.74, 6) is -1.02. The average molecular weight is 808 g/mol. The molecule has 0 aliphatic heterocycles. The third-order valence-corrected chi connectivity index (χ3v) is 9.55. The molecule has 0 amide bonds. The zero-order valence-corrected chi connectivity index (χ0v) is 36.6. The summed E-state index contributed by atoms with van der Waals surface area (Å²) in [6, 6.07) is 0. The summed E-state index contributed by atoms with van der Waals surface area (Å²) in [7, 11) is 1.06. The van der Waals surface area contributed by atoms with Gasteiger partial charge in [0.05, 0.1) is 33.9 Å². The van der Waals surface area contributed by atoms with Gasteiger partial charge in [-0.25, -0.2) is 0 Å². The quantitative estimate of drug-likeness (QED) is 0.0163. The number of carbonyl (C=O) groups is 2. The highest BCUT2D eigenvalue weighted by atomic mass is 31.2. The predicted molar refractivity (Wildman–Crippen MR) is 228 cm³/mol. The lowest BCUT2D eigenvalue weighted by Gasteiger charge is -2.28. The number of aliphatic hydroxyl groups excluding tert-OH is 1. The highest BCUT2D eigenvalue weighted by molar-refractivity contribution is 7.45. The Kier molecular flexibility index (Phi) is 35.0. The van der Waals surface area contributed by atoms with E-state index in [1.54, 1.807) is 18.2 Å². The van der Waals surface area contributed by atoms with Gasteiger partial charge >= 0.3 is 11.9 Å². The summed E-state index contributed by atoms with van der Waals surface area (Å²) >= 11 is 0. The van der Waals surface area contributed by atoms with Crippen molar-refractivity contribution < 1.29 is 47.2 Å². The Morgan fingerprint density at radius 2 is 1.25 bits per heavy atom. The molecule has 0 spiro atoms. The van der Waals surface area contributed by atoms with E-state index in [0.29, 0.717) is 30.3 Å². The Hall–Kier alpha value is -2.59. The fourth-order valence-corrected chi connectivity index (χ4v) is 5.96. The molecule has 322 valence electrons. The Bertz CT molecular complexity index is 1200. The monoisotopic (exact) mass is 808 g/mol. The van der Waals surface area contributed by atoms with Gasteiger partial charge in [-0.3, -0.25) is 14.2 Å². The molecule has 2 unspecified atom stereocenters. The van der Waals surface area contributed by atoms with Crippen LogP contribution in [-0.4, -0.2) is 81.2 Å². The summed E-state index contributed by atoms with van der Waals surface area (Å²) in [6.07, 6.45) is 41.1. The molecule has 0 aliphatic rings. The van der Waals surface area contributed by atoms with Crippen LogP contribution in [0, 0.1) is 0 Å². The fourth-order valence-electron chi connectivity index (χ4n) is 5.23. The van der Waals surface area contributed by atoms with E-state index >= 15 is 0 Å². The van der Waals surface area contributed by atoms with Crippen LogP contribution in [0.5, 0.6) is 0 Å². The predicted octanol–water partition coefficient (Wildman–Crippen LogP) is 10.2. The van der Waals surface area contributed by atoms with Crippen molar-refractivity contribution in [2.45, 2.75) is 154 Å². The molecule has 3 atom stereocenters. The summed E-state index contributed by atoms with van der Waals surface area (Å²) in [4.78, 5) is 37.4. The standard InChI is InChI=1S/C45H78NO9P/c1-6-8-10-12-14-16-18-20-21-23-25-27-30-34-42(47)35-31-29-33-36-44(48)52-40-43(41-54-56(50,51)53-39-38-46(3,4)5)55-45(49)37-32-28-26-24-22-19-17-15-13-11-9-7-2/h8,10,14,16,20-21,25,27,29-31,34,42-43,47H,6-7,9,11-13,15,17-19,22-24,26,28,32-33,35-41H2,1-5H3/b10-8-,16-14-,21-20-,27-25-,31-29-,34-30-/t42?,43-/m1/s1. The number of nitrogens with zero attached hydrogens (tertiary/aromatic N) is 1. The van der Waals surface area contributed by atoms with E-state index < -0.39 is 38.6 Å². The van der Waals surface area contributed by atoms with Crippen molar-refractivity contribution in [1.29, 1.82) is 0 Å². The number of likely N-dealkylation sites (N-methyl/N-ethyl adjacent to an activating group) is 1. The van der Waals surface area contributed by atoms with Crippen molar-refractivity contribution >= 4 is 19.8 Å². The van der Waals surface area contributed by atoms with Gasteiger partial charge in [-0.15, -0.1) is 0 Å². The normalized spacial score (nSPS) is 14.9. The number of carbonyl (C=O) groups excluding carboxylic acids is 2. The minimum Gasteiger partial charge on any atom is -0.756 e. The van der Waals surface area contributed by atoms with Crippen LogP contribution in [-0.2, 0) is 32.7 Å². The molecule has 0 aromatic carbocycles. The molecule has 1 N–H and O–H groups in total. The van der Waals surface area contributed by atoms with Crippen LogP contribution in [0.25, 0.3) is 0 Å². The Morgan fingerprint density at radius 3 is 1.84 bits per heavy atom. The van der Waals surface area contributed by atoms with E-state index in [1.165, 1.54) is 51.4 Å². The Morgan fingerprint density at radius 1 is 0.679 bits per heavy atom. The molecule has 0 aromatic heterocycles. The number of hydrogen-bond donors (Lipinski definition) is 1. The number of quaternary nitrogens is 1. The van der Waals surface area contributed by atoms with Crippen molar-refractivity contribution in [3.63, 3.8) is 0 Å². The molecule has 0 fully saturated rings. The highest BCUT2D eigenvalue weighted by Gasteiger charge is 2.21. The fraction of sp³-hybridized carbons (Fsp3) is 0.689. The van der Waals surface area contributed by atoms with Crippen molar-refractivity contribution in [3.05, 3.63) is 72.9 Å². The lowest BCUT2D eigenvalue weighted by atomic mass is 10.0. The molecule has 10 nitrogen and oxygen atoms in total. The SMILES string of the molecule is CC/C=C\C/C=C\C/C=C\C/C=C\C=C/C(O)C/C=C\CCC(=O)OC[C@H](COP(=O)([O-])OCC[N+](C)(C)C)OC(=O)CCCCCCCCCCCCCC. The molecule has 11 heteroatoms. The number of rotatable bonds is 37. The van der Waals surface area contributed by atoms with E-state index in [1.807, 2.05) is 39.4 Å². The van der Waals surface area contributed by atoms with Crippen LogP contribution in [0.2, 0.25) is 0 Å². The number of hydrogen-bond acceptors (Lipinski definition) is 9. The van der Waals surface area contributed by atoms with Gasteiger partial charge in [0.25, 0.3) is 7.82 Å². The third-order valence-electron chi connectivity index (χ3n) is 8.58. The molecule has 0 rings (SSSR count). The molecule has 0 heterocycles. The summed E-state index contributed by atoms with van der Waals surface area (Å²) in [5, 5.41) is 10.2. The van der Waals surface area contributed by atoms with Crippen molar-refractivity contribution in [1.82, 2.24) is 0 Å². The zero-order valence-electron chi connectivity index (χ0n) is 35.7. The van der Waals surface area contributed by atoms with Crippen LogP contribution in [0.15, 0.2) is 72.9 Å². The number of phosphoric ester groups is 1. The highest BCUT2D eigenvalue weighted by Crippen LogP contribution is 2.38. The molecule has 0 saturated heterocycles. The van der Waals surface area contributed by atoms with Crippen molar-refractivity contribution in [3.8, 4) is 0 Å². The van der Waals surface area contributed by atoms with Crippen LogP contribution in [0.3, 0.4) is 0 Å². The minimum atomic E-state index is -4.66. The first-order valence-corrected chi connectivity index (χ1v) is 22.7. The summed E-state index contributed by atoms with van der Waals surface area (Å²) in [6.45, 7) is 3.88. The van der Waals surface area contributed by atoms with Gasteiger partial charge in [0.2, 0.25) is 0 Å². The lowest BCUT2D eigenvalue weighted by molar-refractivity contribution is -0.870. The third kappa shape index (κ3) is 39.6. The number of ether oxygens (including phenoxy) is 2. The number of aliphatic hydroxyl groups is 1. The zero-order chi connectivity index (χ0) is 41.6. The molecular formula is C45H78NO9P. The summed E-state index contributed by atoms with van der Waals surface area (Å²) < 4.78 is 33.7. The van der Waals surface area contributed by atoms with Gasteiger partial charge in [0.15, 0.2) is 6.10 Å². The summed E-state index contributed by atoms with van der Waals surface area (Å²) in [5.41, 5.74) is 0. The Labute approximate surface area is 341 Å². The van der Waals surface area contributed by atoms with Gasteiger partial charge in [-0.2, -0.15) is 0 Å². The molecule has 56 heavy (non-hydrogen) atoms. The minimum absolute atomic E-state index is 0.0607. The second kappa shape index (κ2) is 36.7. The molecule has 0 aromatic rings. The Balaban J connectivity index is 4.59. The van der Waals surface area contributed by atoms with E-state index in [2.05, 4.69) is 50.3 Å². The maximum atomic E-state index is 12.6. The van der Waals surface area contributed by atoms with Gasteiger partial charge in [-0.05, 0) is 44.9 Å². The molecule has 0 saturated carbocycles. The van der Waals surface area contributed by atoms with E-state index in [-0.39, 0.29) is 26.1 Å². The second-order valence-electron chi connectivity index (χ2n) is 15.2. The van der Waals surface area contributed by atoms with E-state index in [9.17, 15) is 24.2 Å². The molecule has 0 bridgehead atoms. The molecular weight excluding hydrogens is 729 g/mol. The van der Waals surface area contributed by atoms with E-state index in [0.717, 1.165) is 44.9 Å². The average Bonchev–Trinajstić information content (AvgIpc) is 3.14. The lowest BCUT2D eigenvalue weighted by Crippen LogP contribution is -2.37. The van der Waals surface area contributed by atoms with Gasteiger partial charge in [0.1, 0.15) is 19.8 Å². The van der Waals surface area contributed by atoms with Crippen molar-refractivity contribution in [2.24, 2.45) is 0 Å². The van der Waals surface area contributed by atoms with Gasteiger partial charge in [0, 0.05) is 12.8 Å². The van der Waals surface area contributed by atoms with Gasteiger partial charge < -0.3 is 33.0 Å². The van der Waals surface area contributed by atoms with Crippen LogP contribution < -0.4 is 4.89 Å². The molecule has 0 radical (unpaired) electrons. The first-order chi connectivity index (χ1) is 26.9. The number of unbranched alkanes of at least 4 members (excludes halogenated alkanes) is 11. The van der Waals surface area contributed by atoms with Crippen LogP contribution >= 0.6 is 7.82 Å². The van der Waals surface area contributed by atoms with E-state index in [4.69, 9.17) is 18.5 Å². The number of allylic oxidation sites excluding steroid dienone is 10. The van der Waals surface area contributed by atoms with Crippen molar-refractivity contribution in [2.75, 3.05) is 47.5 Å². The van der Waals surface area contributed by atoms with Crippen LogP contribution in [0.4, 0.5) is 0 Å². The maximum Gasteiger partial charge on any atom is 0.306 e. The number of esters is 2. The topological polar surface area (TPSA) is 131 Å².